The number of alkyl halides is 3. The van der Waals surface area contributed by atoms with E-state index in [2.05, 4.69) is 41.6 Å². The molecule has 2 heterocycles. The van der Waals surface area contributed by atoms with Gasteiger partial charge in [-0.15, -0.1) is 0 Å². The topological polar surface area (TPSA) is 77.6 Å². The molecule has 0 bridgehead atoms. The number of hydrogen-bond acceptors (Lipinski definition) is 5. The number of carbonyl (C=O) groups excluding carboxylic acids is 2. The number of rotatable bonds is 5. The monoisotopic (exact) mass is 489 g/mol. The van der Waals surface area contributed by atoms with Gasteiger partial charge in [-0.2, -0.15) is 13.2 Å². The third-order valence-corrected chi connectivity index (χ3v) is 7.16. The molecule has 0 radical (unpaired) electrons. The summed E-state index contributed by atoms with van der Waals surface area (Å²) < 4.78 is 42.3. The Kier molecular flexibility index (Phi) is 6.52. The SMILES string of the molecule is CN1CC(=O)NCC1C(=O)N(C)[C@@H](c1ccc(NC2Cc3ccccc3C2(C)C)cn1)C(F)(F)F. The highest BCUT2D eigenvalue weighted by atomic mass is 19.4. The second-order valence-electron chi connectivity index (χ2n) is 9.88. The number of benzene rings is 1. The van der Waals surface area contributed by atoms with Crippen molar-refractivity contribution >= 4 is 17.5 Å². The van der Waals surface area contributed by atoms with Crippen LogP contribution in [-0.2, 0) is 21.4 Å². The van der Waals surface area contributed by atoms with E-state index in [9.17, 15) is 22.8 Å². The van der Waals surface area contributed by atoms with Crippen molar-refractivity contribution in [2.45, 2.75) is 50.0 Å². The number of carbonyl (C=O) groups is 2. The Hall–Kier alpha value is -3.14. The van der Waals surface area contributed by atoms with E-state index in [0.717, 1.165) is 13.5 Å². The predicted octanol–water partition coefficient (Wildman–Crippen LogP) is 2.89. The number of likely N-dealkylation sites (N-methyl/N-ethyl adjacent to an activating group) is 2. The van der Waals surface area contributed by atoms with Gasteiger partial charge in [-0.1, -0.05) is 38.1 Å². The summed E-state index contributed by atoms with van der Waals surface area (Å²) in [6, 6.07) is 8.07. The Morgan fingerprint density at radius 1 is 1.26 bits per heavy atom. The molecule has 7 nitrogen and oxygen atoms in total. The molecule has 0 saturated carbocycles. The number of aromatic nitrogens is 1. The molecule has 10 heteroatoms. The summed E-state index contributed by atoms with van der Waals surface area (Å²) in [6.07, 6.45) is -2.53. The zero-order chi connectivity index (χ0) is 25.5. The number of nitrogens with zero attached hydrogens (tertiary/aromatic N) is 3. The first-order valence-corrected chi connectivity index (χ1v) is 11.5. The lowest BCUT2D eigenvalue weighted by atomic mass is 9.83. The van der Waals surface area contributed by atoms with Crippen molar-refractivity contribution in [2.24, 2.45) is 0 Å². The number of halogens is 3. The lowest BCUT2D eigenvalue weighted by Gasteiger charge is -2.37. The van der Waals surface area contributed by atoms with Crippen LogP contribution in [0.1, 0.15) is 36.7 Å². The van der Waals surface area contributed by atoms with Crippen LogP contribution < -0.4 is 10.6 Å². The molecule has 2 amide bonds. The molecule has 1 fully saturated rings. The zero-order valence-corrected chi connectivity index (χ0v) is 20.2. The Bertz CT molecular complexity index is 1100. The van der Waals surface area contributed by atoms with Crippen LogP contribution >= 0.6 is 0 Å². The van der Waals surface area contributed by atoms with Gasteiger partial charge in [-0.25, -0.2) is 0 Å². The highest BCUT2D eigenvalue weighted by molar-refractivity contribution is 5.87. The quantitative estimate of drug-likeness (QED) is 0.676. The Labute approximate surface area is 202 Å². The van der Waals surface area contributed by atoms with Crippen LogP contribution in [0.4, 0.5) is 18.9 Å². The molecule has 3 atom stereocenters. The molecule has 2 N–H and O–H groups in total. The zero-order valence-electron chi connectivity index (χ0n) is 20.2. The van der Waals surface area contributed by atoms with Gasteiger partial charge in [0.25, 0.3) is 0 Å². The molecule has 1 aliphatic carbocycles. The summed E-state index contributed by atoms with van der Waals surface area (Å²) in [5.74, 6) is -1.01. The molecular formula is C25H30F3N5O2. The molecule has 1 aliphatic heterocycles. The van der Waals surface area contributed by atoms with Gasteiger partial charge in [-0.3, -0.25) is 19.5 Å². The lowest BCUT2D eigenvalue weighted by Crippen LogP contribution is -2.59. The summed E-state index contributed by atoms with van der Waals surface area (Å²) in [4.78, 5) is 30.7. The molecule has 0 spiro atoms. The van der Waals surface area contributed by atoms with Gasteiger partial charge in [0, 0.05) is 25.0 Å². The minimum absolute atomic E-state index is 0.0427. The van der Waals surface area contributed by atoms with Gasteiger partial charge in [-0.05, 0) is 36.7 Å². The molecule has 2 unspecified atom stereocenters. The number of piperazine rings is 1. The molecular weight excluding hydrogens is 459 g/mol. The average Bonchev–Trinajstić information content (AvgIpc) is 3.03. The molecule has 1 saturated heterocycles. The second-order valence-corrected chi connectivity index (χ2v) is 9.88. The Morgan fingerprint density at radius 3 is 2.57 bits per heavy atom. The van der Waals surface area contributed by atoms with E-state index >= 15 is 0 Å². The highest BCUT2D eigenvalue weighted by Gasteiger charge is 2.48. The van der Waals surface area contributed by atoms with E-state index < -0.39 is 24.2 Å². The fraction of sp³-hybridized carbons (Fsp3) is 0.480. The molecule has 2 aromatic rings. The fourth-order valence-corrected chi connectivity index (χ4v) is 5.06. The van der Waals surface area contributed by atoms with Crippen LogP contribution in [0.25, 0.3) is 0 Å². The maximum Gasteiger partial charge on any atom is 0.414 e. The molecule has 4 rings (SSSR count). The maximum absolute atomic E-state index is 14.1. The lowest BCUT2D eigenvalue weighted by molar-refractivity contribution is -0.191. The fourth-order valence-electron chi connectivity index (χ4n) is 5.06. The first-order chi connectivity index (χ1) is 16.4. The number of hydrogen-bond donors (Lipinski definition) is 2. The summed E-state index contributed by atoms with van der Waals surface area (Å²) in [5.41, 5.74) is 2.70. The minimum Gasteiger partial charge on any atom is -0.380 e. The second kappa shape index (κ2) is 9.14. The average molecular weight is 490 g/mol. The molecule has 35 heavy (non-hydrogen) atoms. The van der Waals surface area contributed by atoms with Crippen LogP contribution in [0.2, 0.25) is 0 Å². The Morgan fingerprint density at radius 2 is 1.97 bits per heavy atom. The van der Waals surface area contributed by atoms with Crippen molar-refractivity contribution in [3.8, 4) is 0 Å². The van der Waals surface area contributed by atoms with Crippen molar-refractivity contribution in [2.75, 3.05) is 32.5 Å². The van der Waals surface area contributed by atoms with Gasteiger partial charge in [0.05, 0.1) is 24.1 Å². The number of fused-ring (bicyclic) bond motifs is 1. The highest BCUT2D eigenvalue weighted by Crippen LogP contribution is 2.40. The van der Waals surface area contributed by atoms with Gasteiger partial charge >= 0.3 is 6.18 Å². The summed E-state index contributed by atoms with van der Waals surface area (Å²) >= 11 is 0. The summed E-state index contributed by atoms with van der Waals surface area (Å²) in [7, 11) is 2.66. The van der Waals surface area contributed by atoms with Crippen LogP contribution in [-0.4, -0.2) is 72.0 Å². The largest absolute Gasteiger partial charge is 0.414 e. The normalized spacial score (nSPS) is 22.8. The first-order valence-electron chi connectivity index (χ1n) is 11.5. The van der Waals surface area contributed by atoms with Crippen LogP contribution in [0, 0.1) is 0 Å². The smallest absolute Gasteiger partial charge is 0.380 e. The van der Waals surface area contributed by atoms with E-state index in [-0.39, 0.29) is 36.1 Å². The summed E-state index contributed by atoms with van der Waals surface area (Å²) in [6.45, 7) is 4.19. The van der Waals surface area contributed by atoms with Gasteiger partial charge in [0.2, 0.25) is 11.8 Å². The summed E-state index contributed by atoms with van der Waals surface area (Å²) in [5, 5.41) is 5.96. The van der Waals surface area contributed by atoms with Gasteiger partial charge < -0.3 is 15.5 Å². The van der Waals surface area contributed by atoms with Crippen LogP contribution in [0.5, 0.6) is 0 Å². The maximum atomic E-state index is 14.1. The van der Waals surface area contributed by atoms with Crippen molar-refractivity contribution in [1.82, 2.24) is 20.1 Å². The first kappa shape index (κ1) is 25.0. The molecule has 2 aliphatic rings. The molecule has 1 aromatic carbocycles. The van der Waals surface area contributed by atoms with E-state index in [1.165, 1.54) is 28.3 Å². The molecule has 188 valence electrons. The van der Waals surface area contributed by atoms with E-state index in [1.54, 1.807) is 13.1 Å². The Balaban J connectivity index is 1.52. The van der Waals surface area contributed by atoms with E-state index in [1.807, 2.05) is 12.1 Å². The standard InChI is InChI=1S/C25H30F3N5O2/c1-24(2)17-8-6-5-7-15(17)11-20(24)31-16-9-10-18(29-12-16)22(25(26,27)28)33(4)23(35)19-13-30-21(34)14-32(19)3/h5-10,12,19-20,22,31H,11,13-14H2,1-4H3,(H,30,34)/t19?,20?,22-/m0/s1. The van der Waals surface area contributed by atoms with Crippen molar-refractivity contribution in [3.05, 3.63) is 59.4 Å². The van der Waals surface area contributed by atoms with Crippen molar-refractivity contribution in [1.29, 1.82) is 0 Å². The minimum atomic E-state index is -4.72. The third kappa shape index (κ3) is 4.84. The number of nitrogens with one attached hydrogen (secondary N) is 2. The number of amides is 2. The van der Waals surface area contributed by atoms with E-state index in [0.29, 0.717) is 10.6 Å². The van der Waals surface area contributed by atoms with Crippen LogP contribution in [0.15, 0.2) is 42.6 Å². The van der Waals surface area contributed by atoms with E-state index in [4.69, 9.17) is 0 Å². The third-order valence-electron chi connectivity index (χ3n) is 7.16. The molecule has 1 aromatic heterocycles. The van der Waals surface area contributed by atoms with Crippen LogP contribution in [0.3, 0.4) is 0 Å². The van der Waals surface area contributed by atoms with Crippen molar-refractivity contribution in [3.63, 3.8) is 0 Å². The predicted molar refractivity (Wildman–Crippen MR) is 126 cm³/mol. The van der Waals surface area contributed by atoms with Crippen molar-refractivity contribution < 1.29 is 22.8 Å². The number of anilines is 1. The van der Waals surface area contributed by atoms with Gasteiger partial charge in [0.15, 0.2) is 6.04 Å². The number of pyridine rings is 1. The van der Waals surface area contributed by atoms with Gasteiger partial charge in [0.1, 0.15) is 6.04 Å².